The number of pyridine rings is 1. The van der Waals surface area contributed by atoms with Crippen molar-refractivity contribution in [1.82, 2.24) is 4.40 Å². The molecule has 8 heteroatoms. The van der Waals surface area contributed by atoms with Gasteiger partial charge in [-0.05, 0) is 43.2 Å². The van der Waals surface area contributed by atoms with E-state index in [1.54, 1.807) is 17.4 Å². The van der Waals surface area contributed by atoms with Crippen LogP contribution < -0.4 is 5.56 Å². The standard InChI is InChI=1S/C17H16FNO4S2/c1-10-9-24-15-8-14(11(2)23-25(3,21)22)16(17(20)19(10)15)12-4-6-13(18)7-5-12/h4-9,11H,1-3H3. The lowest BCUT2D eigenvalue weighted by molar-refractivity contribution is 0.237. The molecule has 0 radical (unpaired) electrons. The molecule has 0 aliphatic rings. The first-order valence-electron chi connectivity index (χ1n) is 7.45. The summed E-state index contributed by atoms with van der Waals surface area (Å²) in [6.07, 6.45) is 0.108. The molecular formula is C17H16FNO4S2. The molecule has 5 nitrogen and oxygen atoms in total. The van der Waals surface area contributed by atoms with Crippen LogP contribution in [0.1, 0.15) is 24.3 Å². The molecule has 0 spiro atoms. The van der Waals surface area contributed by atoms with E-state index >= 15 is 0 Å². The molecule has 0 bridgehead atoms. The van der Waals surface area contributed by atoms with Crippen LogP contribution in [0.15, 0.2) is 40.5 Å². The van der Waals surface area contributed by atoms with E-state index in [0.29, 0.717) is 21.5 Å². The third-order valence-corrected chi connectivity index (χ3v) is 5.44. The number of nitrogens with zero attached hydrogens (tertiary/aromatic N) is 1. The molecule has 3 aromatic rings. The van der Waals surface area contributed by atoms with Crippen molar-refractivity contribution in [2.24, 2.45) is 0 Å². The molecule has 1 aromatic carbocycles. The second kappa shape index (κ2) is 6.36. The summed E-state index contributed by atoms with van der Waals surface area (Å²) < 4.78 is 42.9. The van der Waals surface area contributed by atoms with Crippen molar-refractivity contribution in [3.8, 4) is 11.1 Å². The Labute approximate surface area is 148 Å². The van der Waals surface area contributed by atoms with Gasteiger partial charge in [-0.3, -0.25) is 13.4 Å². The molecule has 1 atom stereocenters. The quantitative estimate of drug-likeness (QED) is 0.649. The average molecular weight is 381 g/mol. The highest BCUT2D eigenvalue weighted by molar-refractivity contribution is 7.86. The fourth-order valence-corrected chi connectivity index (χ4v) is 4.32. The van der Waals surface area contributed by atoms with Crippen LogP contribution in [0.25, 0.3) is 16.0 Å². The summed E-state index contributed by atoms with van der Waals surface area (Å²) in [5.74, 6) is -0.418. The van der Waals surface area contributed by atoms with Gasteiger partial charge in [-0.15, -0.1) is 11.3 Å². The number of hydrogen-bond donors (Lipinski definition) is 0. The van der Waals surface area contributed by atoms with E-state index in [-0.39, 0.29) is 5.56 Å². The number of aryl methyl sites for hydroxylation is 1. The SMILES string of the molecule is Cc1csc2cc(C(C)OS(C)(=O)=O)c(-c3ccc(F)cc3)c(=O)n12. The van der Waals surface area contributed by atoms with Gasteiger partial charge in [0, 0.05) is 11.1 Å². The number of rotatable bonds is 4. The summed E-state index contributed by atoms with van der Waals surface area (Å²) in [5, 5.41) is 1.84. The highest BCUT2D eigenvalue weighted by atomic mass is 32.2. The maximum Gasteiger partial charge on any atom is 0.264 e. The van der Waals surface area contributed by atoms with Gasteiger partial charge in [-0.1, -0.05) is 12.1 Å². The maximum absolute atomic E-state index is 13.3. The number of benzene rings is 1. The molecule has 25 heavy (non-hydrogen) atoms. The number of hydrogen-bond acceptors (Lipinski definition) is 5. The fourth-order valence-electron chi connectivity index (χ4n) is 2.77. The molecule has 0 N–H and O–H groups in total. The normalized spacial score (nSPS) is 13.3. The van der Waals surface area contributed by atoms with Gasteiger partial charge in [0.2, 0.25) is 0 Å². The van der Waals surface area contributed by atoms with Crippen LogP contribution in [0, 0.1) is 12.7 Å². The minimum Gasteiger partial charge on any atom is -0.271 e. The summed E-state index contributed by atoms with van der Waals surface area (Å²) in [4.78, 5) is 13.7. The van der Waals surface area contributed by atoms with E-state index in [9.17, 15) is 17.6 Å². The molecule has 0 saturated carbocycles. The van der Waals surface area contributed by atoms with Gasteiger partial charge in [0.05, 0.1) is 11.8 Å². The number of aromatic nitrogens is 1. The summed E-state index contributed by atoms with van der Waals surface area (Å²) in [6, 6.07) is 7.26. The molecule has 0 aliphatic heterocycles. The van der Waals surface area contributed by atoms with Gasteiger partial charge in [0.25, 0.3) is 15.7 Å². The first kappa shape index (κ1) is 17.8. The third-order valence-electron chi connectivity index (χ3n) is 3.80. The van der Waals surface area contributed by atoms with Crippen molar-refractivity contribution in [2.75, 3.05) is 6.26 Å². The molecule has 1 unspecified atom stereocenters. The smallest absolute Gasteiger partial charge is 0.264 e. The third kappa shape index (κ3) is 3.51. The van der Waals surface area contributed by atoms with Gasteiger partial charge < -0.3 is 0 Å². The Bertz CT molecular complexity index is 1100. The van der Waals surface area contributed by atoms with Gasteiger partial charge in [-0.25, -0.2) is 4.39 Å². The summed E-state index contributed by atoms with van der Waals surface area (Å²) in [5.41, 5.74) is 1.74. The second-order valence-electron chi connectivity index (χ2n) is 5.78. The van der Waals surface area contributed by atoms with Crippen LogP contribution >= 0.6 is 11.3 Å². The van der Waals surface area contributed by atoms with Crippen LogP contribution in [0.5, 0.6) is 0 Å². The lowest BCUT2D eigenvalue weighted by Crippen LogP contribution is -2.20. The predicted molar refractivity (Wildman–Crippen MR) is 96.0 cm³/mol. The van der Waals surface area contributed by atoms with Crippen molar-refractivity contribution in [3.05, 3.63) is 63.1 Å². The zero-order valence-electron chi connectivity index (χ0n) is 13.8. The first-order chi connectivity index (χ1) is 11.7. The fraction of sp³-hybridized carbons (Fsp3) is 0.235. The van der Waals surface area contributed by atoms with E-state index in [1.165, 1.54) is 35.6 Å². The van der Waals surface area contributed by atoms with Gasteiger partial charge in [0.1, 0.15) is 16.8 Å². The molecule has 0 fully saturated rings. The van der Waals surface area contributed by atoms with Crippen molar-refractivity contribution < 1.29 is 17.0 Å². The van der Waals surface area contributed by atoms with Crippen molar-refractivity contribution in [2.45, 2.75) is 20.0 Å². The Kier molecular flexibility index (Phi) is 4.52. The Morgan fingerprint density at radius 2 is 1.88 bits per heavy atom. The van der Waals surface area contributed by atoms with Crippen molar-refractivity contribution in [1.29, 1.82) is 0 Å². The van der Waals surface area contributed by atoms with Gasteiger partial charge in [0.15, 0.2) is 0 Å². The zero-order valence-corrected chi connectivity index (χ0v) is 15.4. The molecule has 0 amide bonds. The molecule has 2 heterocycles. The largest absolute Gasteiger partial charge is 0.271 e. The van der Waals surface area contributed by atoms with E-state index in [1.807, 2.05) is 12.3 Å². The van der Waals surface area contributed by atoms with Crippen LogP contribution in [-0.2, 0) is 14.3 Å². The lowest BCUT2D eigenvalue weighted by Gasteiger charge is -2.16. The molecule has 3 rings (SSSR count). The molecule has 0 aliphatic carbocycles. The van der Waals surface area contributed by atoms with Crippen molar-refractivity contribution in [3.63, 3.8) is 0 Å². The number of fused-ring (bicyclic) bond motifs is 1. The Morgan fingerprint density at radius 1 is 1.24 bits per heavy atom. The second-order valence-corrected chi connectivity index (χ2v) is 8.27. The zero-order chi connectivity index (χ0) is 18.4. The van der Waals surface area contributed by atoms with Crippen molar-refractivity contribution >= 4 is 26.3 Å². The van der Waals surface area contributed by atoms with Gasteiger partial charge in [-0.2, -0.15) is 8.42 Å². The number of halogens is 1. The number of thiazole rings is 1. The maximum atomic E-state index is 13.3. The van der Waals surface area contributed by atoms with E-state index in [0.717, 1.165) is 11.9 Å². The topological polar surface area (TPSA) is 64.9 Å². The van der Waals surface area contributed by atoms with Crippen LogP contribution in [-0.4, -0.2) is 19.1 Å². The molecular weight excluding hydrogens is 365 g/mol. The Hall–Kier alpha value is -2.03. The monoisotopic (exact) mass is 381 g/mol. The van der Waals surface area contributed by atoms with Crippen LogP contribution in [0.4, 0.5) is 4.39 Å². The molecule has 0 saturated heterocycles. The first-order valence-corrected chi connectivity index (χ1v) is 10.1. The Morgan fingerprint density at radius 3 is 2.48 bits per heavy atom. The predicted octanol–water partition coefficient (Wildman–Crippen LogP) is 3.51. The van der Waals surface area contributed by atoms with Gasteiger partial charge >= 0.3 is 0 Å². The highest BCUT2D eigenvalue weighted by Crippen LogP contribution is 2.31. The van der Waals surface area contributed by atoms with E-state index in [2.05, 4.69) is 0 Å². The van der Waals surface area contributed by atoms with E-state index < -0.39 is 22.0 Å². The highest BCUT2D eigenvalue weighted by Gasteiger charge is 2.22. The summed E-state index contributed by atoms with van der Waals surface area (Å²) >= 11 is 1.38. The molecule has 2 aromatic heterocycles. The summed E-state index contributed by atoms with van der Waals surface area (Å²) in [6.45, 7) is 3.38. The Balaban J connectivity index is 2.32. The van der Waals surface area contributed by atoms with Crippen LogP contribution in [0.2, 0.25) is 0 Å². The average Bonchev–Trinajstić information content (AvgIpc) is 2.88. The minimum absolute atomic E-state index is 0.290. The lowest BCUT2D eigenvalue weighted by atomic mass is 9.98. The van der Waals surface area contributed by atoms with Crippen LogP contribution in [0.3, 0.4) is 0 Å². The van der Waals surface area contributed by atoms with E-state index in [4.69, 9.17) is 4.18 Å². The summed E-state index contributed by atoms with van der Waals surface area (Å²) in [7, 11) is -3.70. The molecule has 132 valence electrons. The minimum atomic E-state index is -3.70.